The van der Waals surface area contributed by atoms with Crippen molar-refractivity contribution in [3.8, 4) is 5.75 Å². The number of hydrogen-bond donors (Lipinski definition) is 0. The van der Waals surface area contributed by atoms with Crippen molar-refractivity contribution in [1.29, 1.82) is 0 Å². The van der Waals surface area contributed by atoms with Gasteiger partial charge in [-0.1, -0.05) is 38.7 Å². The van der Waals surface area contributed by atoms with Crippen molar-refractivity contribution in [2.24, 2.45) is 5.41 Å². The zero-order valence-corrected chi connectivity index (χ0v) is 17.7. The van der Waals surface area contributed by atoms with Gasteiger partial charge in [-0.05, 0) is 62.3 Å². The standard InChI is InChI=1S/C23H34O5/c1-5-8-9-10-11-17-15-23(21(24)27-6-2,22(25)28-7-3)16-18-14-19(26-4)12-13-20(17)18/h12-14,17H,5-11,15-16H2,1-4H3/t17-/m1/s1. The van der Waals surface area contributed by atoms with Crippen LogP contribution in [0.3, 0.4) is 0 Å². The van der Waals surface area contributed by atoms with Crippen LogP contribution in [0.25, 0.3) is 0 Å². The minimum atomic E-state index is -1.28. The molecule has 1 aromatic carbocycles. The minimum absolute atomic E-state index is 0.125. The highest BCUT2D eigenvalue weighted by Gasteiger charge is 2.53. The molecule has 0 aliphatic heterocycles. The first kappa shape index (κ1) is 22.3. The number of rotatable bonds is 10. The highest BCUT2D eigenvalue weighted by molar-refractivity contribution is 6.01. The number of unbranched alkanes of at least 4 members (excludes halogenated alkanes) is 3. The number of hydrogen-bond acceptors (Lipinski definition) is 5. The molecule has 1 aromatic rings. The zero-order chi connectivity index (χ0) is 20.6. The van der Waals surface area contributed by atoms with E-state index in [-0.39, 0.29) is 19.1 Å². The Balaban J connectivity index is 2.42. The predicted octanol–water partition coefficient (Wildman–Crippen LogP) is 4.81. The van der Waals surface area contributed by atoms with E-state index in [9.17, 15) is 9.59 Å². The van der Waals surface area contributed by atoms with E-state index in [1.165, 1.54) is 18.4 Å². The largest absolute Gasteiger partial charge is 0.497 e. The van der Waals surface area contributed by atoms with Crippen LogP contribution in [0.2, 0.25) is 0 Å². The first-order valence-electron chi connectivity index (χ1n) is 10.5. The van der Waals surface area contributed by atoms with Gasteiger partial charge in [0.1, 0.15) is 5.75 Å². The molecule has 0 radical (unpaired) electrons. The Hall–Kier alpha value is -2.04. The van der Waals surface area contributed by atoms with Gasteiger partial charge in [-0.25, -0.2) is 0 Å². The lowest BCUT2D eigenvalue weighted by atomic mass is 9.65. The third-order valence-corrected chi connectivity index (χ3v) is 5.62. The van der Waals surface area contributed by atoms with E-state index in [0.717, 1.165) is 30.6 Å². The highest BCUT2D eigenvalue weighted by Crippen LogP contribution is 2.47. The van der Waals surface area contributed by atoms with E-state index < -0.39 is 17.4 Å². The number of fused-ring (bicyclic) bond motifs is 1. The van der Waals surface area contributed by atoms with Crippen molar-refractivity contribution in [3.05, 3.63) is 29.3 Å². The zero-order valence-electron chi connectivity index (χ0n) is 17.7. The molecule has 0 spiro atoms. The molecule has 1 atom stereocenters. The maximum absolute atomic E-state index is 13.0. The normalized spacial score (nSPS) is 17.5. The fraction of sp³-hybridized carbons (Fsp3) is 0.652. The van der Waals surface area contributed by atoms with Gasteiger partial charge < -0.3 is 14.2 Å². The molecule has 0 heterocycles. The van der Waals surface area contributed by atoms with Gasteiger partial charge >= 0.3 is 11.9 Å². The smallest absolute Gasteiger partial charge is 0.323 e. The third kappa shape index (κ3) is 4.86. The topological polar surface area (TPSA) is 61.8 Å². The molecule has 0 N–H and O–H groups in total. The summed E-state index contributed by atoms with van der Waals surface area (Å²) in [5.41, 5.74) is 0.912. The van der Waals surface area contributed by atoms with E-state index in [1.54, 1.807) is 21.0 Å². The van der Waals surface area contributed by atoms with Crippen LogP contribution in [0, 0.1) is 5.41 Å². The number of ether oxygens (including phenoxy) is 3. The van der Waals surface area contributed by atoms with Crippen molar-refractivity contribution in [2.75, 3.05) is 20.3 Å². The summed E-state index contributed by atoms with van der Waals surface area (Å²) in [6.07, 6.45) is 6.28. The van der Waals surface area contributed by atoms with Crippen molar-refractivity contribution < 1.29 is 23.8 Å². The first-order chi connectivity index (χ1) is 13.5. The summed E-state index contributed by atoms with van der Waals surface area (Å²) in [5.74, 6) is -0.0896. The number of esters is 2. The predicted molar refractivity (Wildman–Crippen MR) is 109 cm³/mol. The lowest BCUT2D eigenvalue weighted by Crippen LogP contribution is -2.47. The van der Waals surface area contributed by atoms with Crippen LogP contribution < -0.4 is 4.74 Å². The van der Waals surface area contributed by atoms with Crippen molar-refractivity contribution >= 4 is 11.9 Å². The summed E-state index contributed by atoms with van der Waals surface area (Å²) in [7, 11) is 1.62. The summed E-state index contributed by atoms with van der Waals surface area (Å²) >= 11 is 0. The molecule has 0 saturated heterocycles. The summed E-state index contributed by atoms with van der Waals surface area (Å²) in [5, 5.41) is 0. The Morgan fingerprint density at radius 2 is 1.71 bits per heavy atom. The number of carbonyl (C=O) groups excluding carboxylic acids is 2. The average Bonchev–Trinajstić information content (AvgIpc) is 2.70. The van der Waals surface area contributed by atoms with Crippen LogP contribution in [0.4, 0.5) is 0 Å². The molecule has 0 amide bonds. The molecule has 0 unspecified atom stereocenters. The molecule has 156 valence electrons. The second-order valence-corrected chi connectivity index (χ2v) is 7.51. The van der Waals surface area contributed by atoms with Crippen molar-refractivity contribution in [3.63, 3.8) is 0 Å². The lowest BCUT2D eigenvalue weighted by Gasteiger charge is -2.38. The maximum atomic E-state index is 13.0. The second-order valence-electron chi connectivity index (χ2n) is 7.51. The van der Waals surface area contributed by atoms with Gasteiger partial charge in [0.15, 0.2) is 5.41 Å². The maximum Gasteiger partial charge on any atom is 0.323 e. The van der Waals surface area contributed by atoms with Gasteiger partial charge in [0.05, 0.1) is 20.3 Å². The Labute approximate surface area is 168 Å². The minimum Gasteiger partial charge on any atom is -0.497 e. The third-order valence-electron chi connectivity index (χ3n) is 5.62. The van der Waals surface area contributed by atoms with Gasteiger partial charge in [-0.2, -0.15) is 0 Å². The highest BCUT2D eigenvalue weighted by atomic mass is 16.6. The summed E-state index contributed by atoms with van der Waals surface area (Å²) < 4.78 is 16.1. The Bertz CT molecular complexity index is 649. The molecule has 5 heteroatoms. The van der Waals surface area contributed by atoms with E-state index in [0.29, 0.717) is 12.8 Å². The fourth-order valence-corrected chi connectivity index (χ4v) is 4.20. The first-order valence-corrected chi connectivity index (χ1v) is 10.5. The SMILES string of the molecule is CCCCCC[C@@H]1CC(C(=O)OCC)(C(=O)OCC)Cc2cc(OC)ccc21. The van der Waals surface area contributed by atoms with E-state index in [2.05, 4.69) is 13.0 Å². The molecule has 0 bridgehead atoms. The van der Waals surface area contributed by atoms with Gasteiger partial charge in [0.25, 0.3) is 0 Å². The number of carbonyl (C=O) groups is 2. The van der Waals surface area contributed by atoms with E-state index >= 15 is 0 Å². The van der Waals surface area contributed by atoms with Crippen molar-refractivity contribution in [1.82, 2.24) is 0 Å². The quantitative estimate of drug-likeness (QED) is 0.326. The summed E-state index contributed by atoms with van der Waals surface area (Å²) in [6.45, 7) is 6.20. The fourth-order valence-electron chi connectivity index (χ4n) is 4.20. The number of benzene rings is 1. The van der Waals surface area contributed by atoms with Crippen LogP contribution >= 0.6 is 0 Å². The Morgan fingerprint density at radius 1 is 1.04 bits per heavy atom. The van der Waals surface area contributed by atoms with Crippen LogP contribution in [0.1, 0.15) is 76.3 Å². The van der Waals surface area contributed by atoms with Crippen LogP contribution in [-0.4, -0.2) is 32.3 Å². The molecule has 2 rings (SSSR count). The summed E-state index contributed by atoms with van der Waals surface area (Å²) in [4.78, 5) is 25.9. The molecule has 0 saturated carbocycles. The second kappa shape index (κ2) is 10.5. The Kier molecular flexibility index (Phi) is 8.34. The average molecular weight is 391 g/mol. The number of methoxy groups -OCH3 is 1. The Morgan fingerprint density at radius 3 is 2.29 bits per heavy atom. The summed E-state index contributed by atoms with van der Waals surface area (Å²) in [6, 6.07) is 5.99. The van der Waals surface area contributed by atoms with Crippen LogP contribution in [-0.2, 0) is 25.5 Å². The monoisotopic (exact) mass is 390 g/mol. The van der Waals surface area contributed by atoms with Gasteiger partial charge in [0, 0.05) is 0 Å². The van der Waals surface area contributed by atoms with Crippen molar-refractivity contribution in [2.45, 2.75) is 71.6 Å². The van der Waals surface area contributed by atoms with Crippen LogP contribution in [0.15, 0.2) is 18.2 Å². The molecule has 28 heavy (non-hydrogen) atoms. The molecule has 0 fully saturated rings. The molecule has 1 aliphatic rings. The van der Waals surface area contributed by atoms with E-state index in [1.807, 2.05) is 12.1 Å². The van der Waals surface area contributed by atoms with E-state index in [4.69, 9.17) is 14.2 Å². The molecular formula is C23H34O5. The molecule has 0 aromatic heterocycles. The van der Waals surface area contributed by atoms with Gasteiger partial charge in [-0.3, -0.25) is 9.59 Å². The van der Waals surface area contributed by atoms with Crippen LogP contribution in [0.5, 0.6) is 5.75 Å². The van der Waals surface area contributed by atoms with Gasteiger partial charge in [0.2, 0.25) is 0 Å². The lowest BCUT2D eigenvalue weighted by molar-refractivity contribution is -0.173. The van der Waals surface area contributed by atoms with Gasteiger partial charge in [-0.15, -0.1) is 0 Å². The molecular weight excluding hydrogens is 356 g/mol. The molecule has 1 aliphatic carbocycles. The molecule has 5 nitrogen and oxygen atoms in total.